The Balaban J connectivity index is 1.81. The fourth-order valence-corrected chi connectivity index (χ4v) is 2.55. The first-order valence-electron chi connectivity index (χ1n) is 8.01. The maximum absolute atomic E-state index is 12.2. The average molecular weight is 367 g/mol. The fraction of sp³-hybridized carbons (Fsp3) is 0.167. The number of methoxy groups -OCH3 is 1. The summed E-state index contributed by atoms with van der Waals surface area (Å²) in [6.45, 7) is 0.301. The molecule has 0 aliphatic heterocycles. The van der Waals surface area contributed by atoms with Crippen molar-refractivity contribution >= 4 is 17.5 Å². The highest BCUT2D eigenvalue weighted by Crippen LogP contribution is 2.22. The van der Waals surface area contributed by atoms with Gasteiger partial charge in [0.05, 0.1) is 30.3 Å². The largest absolute Gasteiger partial charge is 0.496 e. The van der Waals surface area contributed by atoms with Gasteiger partial charge in [0, 0.05) is 18.8 Å². The summed E-state index contributed by atoms with van der Waals surface area (Å²) in [5, 5.41) is 18.8. The molecule has 0 amide bonds. The molecule has 0 fully saturated rings. The van der Waals surface area contributed by atoms with Crippen LogP contribution in [0.3, 0.4) is 0 Å². The summed E-state index contributed by atoms with van der Waals surface area (Å²) in [5.74, 6) is 0.479. The number of allylic oxidation sites excluding steroid dienone is 1. The van der Waals surface area contributed by atoms with E-state index in [0.717, 1.165) is 11.1 Å². The summed E-state index contributed by atoms with van der Waals surface area (Å²) < 4.78 is 8.38. The number of ether oxygens (including phenoxy) is 1. The maximum Gasteiger partial charge on any atom is 0.307 e. The molecule has 0 atom stereocenters. The lowest BCUT2D eigenvalue weighted by Gasteiger charge is -2.09. The Morgan fingerprint density at radius 3 is 2.74 bits per heavy atom. The van der Waals surface area contributed by atoms with Crippen molar-refractivity contribution in [3.05, 3.63) is 75.9 Å². The Kier molecular flexibility index (Phi) is 5.11. The van der Waals surface area contributed by atoms with E-state index in [1.54, 1.807) is 37.2 Å². The molecule has 1 aromatic carbocycles. The van der Waals surface area contributed by atoms with Crippen LogP contribution >= 0.6 is 0 Å². The molecule has 2 aromatic heterocycles. The minimum atomic E-state index is -0.496. The lowest BCUT2D eigenvalue weighted by Crippen LogP contribution is -2.02. The van der Waals surface area contributed by atoms with Crippen molar-refractivity contribution in [2.24, 2.45) is 7.05 Å². The first-order chi connectivity index (χ1) is 13.0. The van der Waals surface area contributed by atoms with Gasteiger partial charge in [0.2, 0.25) is 0 Å². The Morgan fingerprint density at radius 1 is 1.30 bits per heavy atom. The normalized spacial score (nSPS) is 11.0. The SMILES string of the molecule is COc1ccc(/C=C/C(=O)c2cnn(C)c2)cc1Cn1cc([N+](=O)[O-])cn1. The molecule has 0 aliphatic rings. The predicted octanol–water partition coefficient (Wildman–Crippen LogP) is 2.48. The molecular formula is C18H17N5O4. The lowest BCUT2D eigenvalue weighted by molar-refractivity contribution is -0.385. The van der Waals surface area contributed by atoms with E-state index in [4.69, 9.17) is 4.74 Å². The number of nitrogens with zero attached hydrogens (tertiary/aromatic N) is 5. The van der Waals surface area contributed by atoms with E-state index in [9.17, 15) is 14.9 Å². The number of aryl methyl sites for hydroxylation is 1. The zero-order valence-electron chi connectivity index (χ0n) is 14.8. The number of hydrogen-bond acceptors (Lipinski definition) is 6. The number of rotatable bonds is 7. The van der Waals surface area contributed by atoms with Crippen LogP contribution in [0.4, 0.5) is 5.69 Å². The molecule has 138 valence electrons. The average Bonchev–Trinajstić information content (AvgIpc) is 3.29. The van der Waals surface area contributed by atoms with Gasteiger partial charge in [-0.3, -0.25) is 24.3 Å². The van der Waals surface area contributed by atoms with Gasteiger partial charge in [-0.15, -0.1) is 0 Å². The molecule has 0 saturated carbocycles. The lowest BCUT2D eigenvalue weighted by atomic mass is 10.1. The van der Waals surface area contributed by atoms with Crippen LogP contribution in [0, 0.1) is 10.1 Å². The number of aromatic nitrogens is 4. The van der Waals surface area contributed by atoms with Crippen LogP contribution in [-0.4, -0.2) is 37.4 Å². The highest BCUT2D eigenvalue weighted by atomic mass is 16.6. The standard InChI is InChI=1S/C18H17N5O4/c1-21-10-15(8-19-21)17(24)5-3-13-4-6-18(27-2)14(7-13)11-22-12-16(9-20-22)23(25)26/h3-10,12H,11H2,1-2H3/b5-3+. The van der Waals surface area contributed by atoms with Gasteiger partial charge >= 0.3 is 5.69 Å². The van der Waals surface area contributed by atoms with Crippen molar-refractivity contribution in [3.63, 3.8) is 0 Å². The summed E-state index contributed by atoms with van der Waals surface area (Å²) in [7, 11) is 3.29. The molecular weight excluding hydrogens is 350 g/mol. The van der Waals surface area contributed by atoms with E-state index >= 15 is 0 Å². The summed E-state index contributed by atoms with van der Waals surface area (Å²) >= 11 is 0. The molecule has 9 nitrogen and oxygen atoms in total. The molecule has 0 saturated heterocycles. The van der Waals surface area contributed by atoms with Crippen LogP contribution in [0.25, 0.3) is 6.08 Å². The van der Waals surface area contributed by atoms with Gasteiger partial charge in [-0.1, -0.05) is 12.1 Å². The third kappa shape index (κ3) is 4.27. The first-order valence-corrected chi connectivity index (χ1v) is 8.01. The summed E-state index contributed by atoms with van der Waals surface area (Å²) in [4.78, 5) is 22.5. The van der Waals surface area contributed by atoms with Gasteiger partial charge in [0.1, 0.15) is 18.1 Å². The quantitative estimate of drug-likeness (QED) is 0.275. The molecule has 0 radical (unpaired) electrons. The molecule has 0 N–H and O–H groups in total. The van der Waals surface area contributed by atoms with E-state index in [0.29, 0.717) is 17.9 Å². The molecule has 27 heavy (non-hydrogen) atoms. The van der Waals surface area contributed by atoms with Crippen LogP contribution in [0.1, 0.15) is 21.5 Å². The van der Waals surface area contributed by atoms with Gasteiger partial charge in [-0.25, -0.2) is 0 Å². The van der Waals surface area contributed by atoms with Gasteiger partial charge < -0.3 is 4.74 Å². The highest BCUT2D eigenvalue weighted by molar-refractivity contribution is 6.06. The van der Waals surface area contributed by atoms with Gasteiger partial charge in [-0.2, -0.15) is 10.2 Å². The summed E-state index contributed by atoms with van der Waals surface area (Å²) in [6, 6.07) is 5.45. The second-order valence-electron chi connectivity index (χ2n) is 5.82. The van der Waals surface area contributed by atoms with E-state index < -0.39 is 4.92 Å². The molecule has 3 rings (SSSR count). The molecule has 9 heteroatoms. The molecule has 0 aliphatic carbocycles. The molecule has 0 unspecified atom stereocenters. The number of carbonyl (C=O) groups is 1. The molecule has 0 bridgehead atoms. The van der Waals surface area contributed by atoms with Gasteiger partial charge in [0.25, 0.3) is 0 Å². The monoisotopic (exact) mass is 367 g/mol. The Bertz CT molecular complexity index is 1020. The van der Waals surface area contributed by atoms with Crippen molar-refractivity contribution in [1.29, 1.82) is 0 Å². The van der Waals surface area contributed by atoms with E-state index in [2.05, 4.69) is 10.2 Å². The number of ketones is 1. The van der Waals surface area contributed by atoms with Crippen LogP contribution in [-0.2, 0) is 13.6 Å². The third-order valence-electron chi connectivity index (χ3n) is 3.88. The van der Waals surface area contributed by atoms with E-state index in [1.165, 1.54) is 29.3 Å². The van der Waals surface area contributed by atoms with Crippen molar-refractivity contribution in [3.8, 4) is 5.75 Å². The zero-order chi connectivity index (χ0) is 19.4. The Labute approximate surface area is 154 Å². The summed E-state index contributed by atoms with van der Waals surface area (Å²) in [6.07, 6.45) is 8.88. The topological polar surface area (TPSA) is 105 Å². The van der Waals surface area contributed by atoms with Crippen LogP contribution in [0.2, 0.25) is 0 Å². The first kappa shape index (κ1) is 18.1. The van der Waals surface area contributed by atoms with Crippen LogP contribution < -0.4 is 4.74 Å². The van der Waals surface area contributed by atoms with Crippen molar-refractivity contribution in [2.75, 3.05) is 7.11 Å². The minimum absolute atomic E-state index is 0.0768. The minimum Gasteiger partial charge on any atom is -0.496 e. The van der Waals surface area contributed by atoms with Crippen molar-refractivity contribution in [2.45, 2.75) is 6.54 Å². The highest BCUT2D eigenvalue weighted by Gasteiger charge is 2.11. The molecule has 0 spiro atoms. The second kappa shape index (κ2) is 7.65. The van der Waals surface area contributed by atoms with E-state index in [1.807, 2.05) is 12.1 Å². The smallest absolute Gasteiger partial charge is 0.307 e. The number of nitro groups is 1. The van der Waals surface area contributed by atoms with Gasteiger partial charge in [-0.05, 0) is 23.8 Å². The predicted molar refractivity (Wildman–Crippen MR) is 97.5 cm³/mol. The number of hydrogen-bond donors (Lipinski definition) is 0. The number of benzene rings is 1. The van der Waals surface area contributed by atoms with Crippen molar-refractivity contribution in [1.82, 2.24) is 19.6 Å². The number of carbonyl (C=O) groups excluding carboxylic acids is 1. The molecule has 3 aromatic rings. The summed E-state index contributed by atoms with van der Waals surface area (Å²) in [5.41, 5.74) is 2.01. The van der Waals surface area contributed by atoms with Crippen LogP contribution in [0.15, 0.2) is 49.1 Å². The zero-order valence-corrected chi connectivity index (χ0v) is 14.8. The Morgan fingerprint density at radius 2 is 2.11 bits per heavy atom. The van der Waals surface area contributed by atoms with Crippen molar-refractivity contribution < 1.29 is 14.5 Å². The third-order valence-corrected chi connectivity index (χ3v) is 3.88. The Hall–Kier alpha value is -3.75. The maximum atomic E-state index is 12.2. The fourth-order valence-electron chi connectivity index (χ4n) is 2.55. The second-order valence-corrected chi connectivity index (χ2v) is 5.82. The van der Waals surface area contributed by atoms with Crippen LogP contribution in [0.5, 0.6) is 5.75 Å². The molecule has 2 heterocycles. The van der Waals surface area contributed by atoms with Gasteiger partial charge in [0.15, 0.2) is 5.78 Å². The van der Waals surface area contributed by atoms with E-state index in [-0.39, 0.29) is 11.5 Å².